The smallest absolute Gasteiger partial charge is 0.00165 e. The molecule has 0 radical (unpaired) electrons. The summed E-state index contributed by atoms with van der Waals surface area (Å²) in [5.41, 5.74) is 1.56. The normalized spacial score (nSPS) is 16.8. The van der Waals surface area contributed by atoms with Crippen LogP contribution < -0.4 is 5.32 Å². The van der Waals surface area contributed by atoms with Crippen LogP contribution in [0, 0.1) is 11.8 Å². The van der Waals surface area contributed by atoms with E-state index in [2.05, 4.69) is 46.0 Å². The first-order chi connectivity index (χ1) is 6.65. The number of nitrogens with one attached hydrogen (secondary N) is 1. The number of hydrogen-bond acceptors (Lipinski definition) is 1. The highest BCUT2D eigenvalue weighted by molar-refractivity contribution is 5.05. The fourth-order valence-electron chi connectivity index (χ4n) is 1.65. The maximum absolute atomic E-state index is 3.43. The zero-order valence-corrected chi connectivity index (χ0v) is 10.6. The molecule has 0 aromatic rings. The van der Waals surface area contributed by atoms with Gasteiger partial charge in [-0.05, 0) is 31.7 Å². The van der Waals surface area contributed by atoms with Crippen LogP contribution >= 0.6 is 0 Å². The van der Waals surface area contributed by atoms with Crippen LogP contribution in [0.2, 0.25) is 0 Å². The summed E-state index contributed by atoms with van der Waals surface area (Å²) < 4.78 is 0. The standard InChI is InChI=1S/C13H27N/c1-6-11(4)9-12(5)13(7-2)10-14-8-3/h9,11,13-14H,6-8,10H2,1-5H3. The Morgan fingerprint density at radius 1 is 1.21 bits per heavy atom. The van der Waals surface area contributed by atoms with Crippen LogP contribution in [0.4, 0.5) is 0 Å². The van der Waals surface area contributed by atoms with E-state index in [1.807, 2.05) is 0 Å². The zero-order chi connectivity index (χ0) is 11.0. The molecule has 0 aliphatic heterocycles. The van der Waals surface area contributed by atoms with Crippen molar-refractivity contribution in [2.45, 2.75) is 47.5 Å². The minimum atomic E-state index is 0.726. The van der Waals surface area contributed by atoms with Gasteiger partial charge in [-0.3, -0.25) is 0 Å². The third kappa shape index (κ3) is 5.43. The lowest BCUT2D eigenvalue weighted by atomic mass is 9.93. The van der Waals surface area contributed by atoms with Gasteiger partial charge in [0.05, 0.1) is 0 Å². The van der Waals surface area contributed by atoms with Gasteiger partial charge in [0, 0.05) is 6.54 Å². The van der Waals surface area contributed by atoms with E-state index in [0.717, 1.165) is 24.9 Å². The van der Waals surface area contributed by atoms with E-state index >= 15 is 0 Å². The molecule has 0 saturated carbocycles. The molecule has 0 spiro atoms. The van der Waals surface area contributed by atoms with Crippen LogP contribution in [0.3, 0.4) is 0 Å². The van der Waals surface area contributed by atoms with E-state index < -0.39 is 0 Å². The fraction of sp³-hybridized carbons (Fsp3) is 0.846. The lowest BCUT2D eigenvalue weighted by Crippen LogP contribution is -2.23. The first kappa shape index (κ1) is 13.7. The second-order valence-electron chi connectivity index (χ2n) is 4.21. The van der Waals surface area contributed by atoms with Gasteiger partial charge in [-0.2, -0.15) is 0 Å². The van der Waals surface area contributed by atoms with Gasteiger partial charge in [0.1, 0.15) is 0 Å². The molecular weight excluding hydrogens is 170 g/mol. The van der Waals surface area contributed by atoms with Crippen molar-refractivity contribution >= 4 is 0 Å². The molecule has 0 aromatic heterocycles. The minimum absolute atomic E-state index is 0.726. The molecule has 84 valence electrons. The van der Waals surface area contributed by atoms with Crippen molar-refractivity contribution in [1.82, 2.24) is 5.32 Å². The highest BCUT2D eigenvalue weighted by Gasteiger charge is 2.08. The van der Waals surface area contributed by atoms with Gasteiger partial charge in [0.15, 0.2) is 0 Å². The van der Waals surface area contributed by atoms with E-state index in [9.17, 15) is 0 Å². The first-order valence-electron chi connectivity index (χ1n) is 6.04. The molecule has 0 bridgehead atoms. The van der Waals surface area contributed by atoms with Crippen LogP contribution in [0.25, 0.3) is 0 Å². The van der Waals surface area contributed by atoms with Crippen LogP contribution in [-0.2, 0) is 0 Å². The van der Waals surface area contributed by atoms with Crippen LogP contribution in [-0.4, -0.2) is 13.1 Å². The Kier molecular flexibility index (Phi) is 7.87. The van der Waals surface area contributed by atoms with Crippen molar-refractivity contribution in [2.24, 2.45) is 11.8 Å². The molecule has 0 aliphatic rings. The molecule has 0 saturated heterocycles. The lowest BCUT2D eigenvalue weighted by molar-refractivity contribution is 0.524. The molecule has 2 atom stereocenters. The largest absolute Gasteiger partial charge is 0.316 e. The van der Waals surface area contributed by atoms with Crippen molar-refractivity contribution in [1.29, 1.82) is 0 Å². The second-order valence-corrected chi connectivity index (χ2v) is 4.21. The topological polar surface area (TPSA) is 12.0 Å². The van der Waals surface area contributed by atoms with Crippen LogP contribution in [0.5, 0.6) is 0 Å². The summed E-state index contributed by atoms with van der Waals surface area (Å²) >= 11 is 0. The Labute approximate surface area is 90.0 Å². The number of allylic oxidation sites excluding steroid dienone is 1. The Balaban J connectivity index is 4.14. The van der Waals surface area contributed by atoms with Crippen molar-refractivity contribution in [3.05, 3.63) is 11.6 Å². The molecule has 2 unspecified atom stereocenters. The summed E-state index contributed by atoms with van der Waals surface area (Å²) in [6.45, 7) is 13.5. The van der Waals surface area contributed by atoms with Crippen molar-refractivity contribution in [3.63, 3.8) is 0 Å². The molecule has 0 amide bonds. The van der Waals surface area contributed by atoms with Crippen LogP contribution in [0.15, 0.2) is 11.6 Å². The molecule has 1 heteroatoms. The summed E-state index contributed by atoms with van der Waals surface area (Å²) in [5.74, 6) is 1.45. The second kappa shape index (κ2) is 8.05. The van der Waals surface area contributed by atoms with Crippen molar-refractivity contribution in [2.75, 3.05) is 13.1 Å². The third-order valence-corrected chi connectivity index (χ3v) is 2.97. The molecule has 0 rings (SSSR count). The van der Waals surface area contributed by atoms with Gasteiger partial charge in [-0.25, -0.2) is 0 Å². The van der Waals surface area contributed by atoms with Gasteiger partial charge >= 0.3 is 0 Å². The zero-order valence-electron chi connectivity index (χ0n) is 10.6. The average Bonchev–Trinajstić information content (AvgIpc) is 2.18. The minimum Gasteiger partial charge on any atom is -0.316 e. The monoisotopic (exact) mass is 197 g/mol. The first-order valence-corrected chi connectivity index (χ1v) is 6.04. The predicted molar refractivity (Wildman–Crippen MR) is 65.5 cm³/mol. The van der Waals surface area contributed by atoms with Gasteiger partial charge in [0.25, 0.3) is 0 Å². The highest BCUT2D eigenvalue weighted by Crippen LogP contribution is 2.17. The van der Waals surface area contributed by atoms with Crippen molar-refractivity contribution < 1.29 is 0 Å². The maximum Gasteiger partial charge on any atom is 0.00165 e. The summed E-state index contributed by atoms with van der Waals surface area (Å²) in [6.07, 6.45) is 4.92. The van der Waals surface area contributed by atoms with Crippen molar-refractivity contribution in [3.8, 4) is 0 Å². The Hall–Kier alpha value is -0.300. The quantitative estimate of drug-likeness (QED) is 0.615. The molecule has 14 heavy (non-hydrogen) atoms. The van der Waals surface area contributed by atoms with Gasteiger partial charge in [-0.1, -0.05) is 45.8 Å². The summed E-state index contributed by atoms with van der Waals surface area (Å²) in [5, 5.41) is 3.43. The molecule has 0 fully saturated rings. The molecule has 1 N–H and O–H groups in total. The molecule has 0 aliphatic carbocycles. The third-order valence-electron chi connectivity index (χ3n) is 2.97. The number of hydrogen-bond donors (Lipinski definition) is 1. The summed E-state index contributed by atoms with van der Waals surface area (Å²) in [7, 11) is 0. The predicted octanol–water partition coefficient (Wildman–Crippen LogP) is 3.61. The Morgan fingerprint density at radius 2 is 1.86 bits per heavy atom. The molecule has 0 aromatic carbocycles. The van der Waals surface area contributed by atoms with E-state index in [0.29, 0.717) is 0 Å². The van der Waals surface area contributed by atoms with E-state index in [4.69, 9.17) is 0 Å². The molecular formula is C13H27N. The Morgan fingerprint density at radius 3 is 2.29 bits per heavy atom. The van der Waals surface area contributed by atoms with E-state index in [1.54, 1.807) is 5.57 Å². The summed E-state index contributed by atoms with van der Waals surface area (Å²) in [4.78, 5) is 0. The fourth-order valence-corrected chi connectivity index (χ4v) is 1.65. The van der Waals surface area contributed by atoms with E-state index in [1.165, 1.54) is 12.8 Å². The maximum atomic E-state index is 3.43. The Bertz CT molecular complexity index is 161. The number of rotatable bonds is 7. The molecule has 1 nitrogen and oxygen atoms in total. The SMILES string of the molecule is CCNCC(CC)C(C)=CC(C)CC. The van der Waals surface area contributed by atoms with E-state index in [-0.39, 0.29) is 0 Å². The van der Waals surface area contributed by atoms with Gasteiger partial charge in [-0.15, -0.1) is 0 Å². The van der Waals surface area contributed by atoms with Gasteiger partial charge < -0.3 is 5.32 Å². The lowest BCUT2D eigenvalue weighted by Gasteiger charge is -2.17. The summed E-state index contributed by atoms with van der Waals surface area (Å²) in [6, 6.07) is 0. The highest BCUT2D eigenvalue weighted by atomic mass is 14.8. The average molecular weight is 197 g/mol. The van der Waals surface area contributed by atoms with Gasteiger partial charge in [0.2, 0.25) is 0 Å². The molecule has 0 heterocycles. The van der Waals surface area contributed by atoms with Crippen LogP contribution in [0.1, 0.15) is 47.5 Å².